The van der Waals surface area contributed by atoms with Crippen LogP contribution in [0.4, 0.5) is 0 Å². The number of thiocarbonyl (C=S) groups is 1. The van der Waals surface area contributed by atoms with Gasteiger partial charge < -0.3 is 16.0 Å². The van der Waals surface area contributed by atoms with Crippen LogP contribution < -0.4 is 16.0 Å². The molecular weight excluding hydrogens is 496 g/mol. The highest BCUT2D eigenvalue weighted by molar-refractivity contribution is 7.81. The van der Waals surface area contributed by atoms with Crippen molar-refractivity contribution in [1.29, 1.82) is 5.26 Å². The fourth-order valence-corrected chi connectivity index (χ4v) is 4.80. The summed E-state index contributed by atoms with van der Waals surface area (Å²) in [7, 11) is 0. The maximum absolute atomic E-state index is 13.2. The van der Waals surface area contributed by atoms with Crippen LogP contribution in [-0.2, 0) is 20.8 Å². The van der Waals surface area contributed by atoms with Crippen LogP contribution in [-0.4, -0.2) is 41.2 Å². The lowest BCUT2D eigenvalue weighted by molar-refractivity contribution is -0.130. The minimum Gasteiger partial charge on any atom is -0.356 e. The summed E-state index contributed by atoms with van der Waals surface area (Å²) < 4.78 is 0. The lowest BCUT2D eigenvalue weighted by Crippen LogP contribution is -2.52. The second-order valence-corrected chi connectivity index (χ2v) is 10.7. The van der Waals surface area contributed by atoms with Gasteiger partial charge in [0.2, 0.25) is 17.7 Å². The van der Waals surface area contributed by atoms with E-state index in [-0.39, 0.29) is 41.4 Å². The molecule has 38 heavy (non-hydrogen) atoms. The molecule has 1 aliphatic heterocycles. The number of nitrogens with one attached hydrogen (secondary N) is 3. The Kier molecular flexibility index (Phi) is 11.0. The Morgan fingerprint density at radius 1 is 1.05 bits per heavy atom. The van der Waals surface area contributed by atoms with E-state index < -0.39 is 18.0 Å². The van der Waals surface area contributed by atoms with Gasteiger partial charge in [0.1, 0.15) is 17.0 Å². The van der Waals surface area contributed by atoms with Crippen LogP contribution in [0.2, 0.25) is 0 Å². The molecule has 3 rings (SSSR count). The second-order valence-electron chi connectivity index (χ2n) is 10.2. The normalized spacial score (nSPS) is 16.6. The topological polar surface area (TPSA) is 111 Å². The van der Waals surface area contributed by atoms with Gasteiger partial charge in [-0.05, 0) is 54.7 Å². The number of rotatable bonds is 12. The van der Waals surface area contributed by atoms with Crippen LogP contribution in [0.1, 0.15) is 51.5 Å². The first-order valence-corrected chi connectivity index (χ1v) is 13.6. The summed E-state index contributed by atoms with van der Waals surface area (Å²) in [6.45, 7) is 4.59. The molecule has 8 heteroatoms. The van der Waals surface area contributed by atoms with Gasteiger partial charge in [0.15, 0.2) is 0 Å². The Bertz CT molecular complexity index is 1160. The Morgan fingerprint density at radius 3 is 2.37 bits per heavy atom. The van der Waals surface area contributed by atoms with Crippen molar-refractivity contribution in [2.45, 2.75) is 64.5 Å². The molecule has 2 aromatic carbocycles. The van der Waals surface area contributed by atoms with Crippen molar-refractivity contribution in [3.8, 4) is 17.2 Å². The third-order valence-corrected chi connectivity index (χ3v) is 7.10. The number of carbonyl (C=O) groups excluding carboxylic acids is 3. The first-order valence-electron chi connectivity index (χ1n) is 13.2. The van der Waals surface area contributed by atoms with Gasteiger partial charge in [-0.1, -0.05) is 80.7 Å². The minimum atomic E-state index is -0.757. The molecule has 1 saturated heterocycles. The molecule has 0 unspecified atom stereocenters. The highest BCUT2D eigenvalue weighted by Gasteiger charge is 2.31. The molecule has 0 spiro atoms. The van der Waals surface area contributed by atoms with E-state index in [4.69, 9.17) is 12.2 Å². The molecule has 0 saturated carbocycles. The number of carbonyl (C=O) groups is 3. The highest BCUT2D eigenvalue weighted by atomic mass is 32.1. The van der Waals surface area contributed by atoms with Crippen LogP contribution in [0.15, 0.2) is 54.6 Å². The Morgan fingerprint density at radius 2 is 1.74 bits per heavy atom. The summed E-state index contributed by atoms with van der Waals surface area (Å²) in [6, 6.07) is 18.7. The Labute approximate surface area is 230 Å². The molecule has 200 valence electrons. The van der Waals surface area contributed by atoms with Crippen LogP contribution >= 0.6 is 12.2 Å². The van der Waals surface area contributed by atoms with E-state index in [1.807, 2.05) is 62.4 Å². The SMILES string of the molecule is CC(C)C[C@H](NC(=O)CCc1ccc(-c2ccccc2)cc1)C(=O)N[C@@H](C[C@@H]1CCCNC1=O)C(=S)C#N. The Hall–Kier alpha value is -3.57. The fourth-order valence-electron chi connectivity index (χ4n) is 4.65. The maximum atomic E-state index is 13.2. The molecule has 0 aliphatic carbocycles. The first-order chi connectivity index (χ1) is 18.3. The number of piperidine rings is 1. The number of nitrogens with zero attached hydrogens (tertiary/aromatic N) is 1. The van der Waals surface area contributed by atoms with Crippen molar-refractivity contribution in [2.24, 2.45) is 11.8 Å². The lowest BCUT2D eigenvalue weighted by atomic mass is 9.90. The number of hydrogen-bond donors (Lipinski definition) is 3. The van der Waals surface area contributed by atoms with Gasteiger partial charge in [-0.15, -0.1) is 0 Å². The van der Waals surface area contributed by atoms with E-state index in [0.717, 1.165) is 23.1 Å². The fraction of sp³-hybridized carbons (Fsp3) is 0.433. The van der Waals surface area contributed by atoms with E-state index >= 15 is 0 Å². The second kappa shape index (κ2) is 14.4. The van der Waals surface area contributed by atoms with E-state index in [9.17, 15) is 19.6 Å². The molecule has 3 N–H and O–H groups in total. The molecule has 2 aromatic rings. The van der Waals surface area contributed by atoms with Crippen LogP contribution in [0.3, 0.4) is 0 Å². The van der Waals surface area contributed by atoms with Crippen molar-refractivity contribution in [3.63, 3.8) is 0 Å². The average molecular weight is 533 g/mol. The van der Waals surface area contributed by atoms with Crippen molar-refractivity contribution in [3.05, 3.63) is 60.2 Å². The molecule has 1 fully saturated rings. The smallest absolute Gasteiger partial charge is 0.243 e. The summed E-state index contributed by atoms with van der Waals surface area (Å²) in [5, 5.41) is 17.9. The van der Waals surface area contributed by atoms with Crippen LogP contribution in [0, 0.1) is 23.2 Å². The van der Waals surface area contributed by atoms with Gasteiger partial charge in [-0.2, -0.15) is 5.26 Å². The zero-order valence-electron chi connectivity index (χ0n) is 22.0. The van der Waals surface area contributed by atoms with Gasteiger partial charge in [0.05, 0.1) is 6.04 Å². The summed E-state index contributed by atoms with van der Waals surface area (Å²) in [6.07, 6.45) is 3.04. The maximum Gasteiger partial charge on any atom is 0.243 e. The number of nitriles is 1. The molecule has 0 radical (unpaired) electrons. The summed E-state index contributed by atoms with van der Waals surface area (Å²) in [4.78, 5) is 38.3. The summed E-state index contributed by atoms with van der Waals surface area (Å²) in [5.74, 6) is -0.851. The van der Waals surface area contributed by atoms with Crippen molar-refractivity contribution in [1.82, 2.24) is 16.0 Å². The highest BCUT2D eigenvalue weighted by Crippen LogP contribution is 2.20. The third kappa shape index (κ3) is 8.77. The molecule has 0 bridgehead atoms. The summed E-state index contributed by atoms with van der Waals surface area (Å²) >= 11 is 5.21. The largest absolute Gasteiger partial charge is 0.356 e. The van der Waals surface area contributed by atoms with E-state index in [1.165, 1.54) is 0 Å². The van der Waals surface area contributed by atoms with Gasteiger partial charge >= 0.3 is 0 Å². The van der Waals surface area contributed by atoms with Crippen LogP contribution in [0.25, 0.3) is 11.1 Å². The molecule has 1 aliphatic rings. The van der Waals surface area contributed by atoms with Crippen LogP contribution in [0.5, 0.6) is 0 Å². The molecule has 0 aromatic heterocycles. The third-order valence-electron chi connectivity index (χ3n) is 6.72. The number of hydrogen-bond acceptors (Lipinski definition) is 5. The van der Waals surface area contributed by atoms with Gasteiger partial charge in [-0.25, -0.2) is 0 Å². The van der Waals surface area contributed by atoms with Gasteiger partial charge in [0.25, 0.3) is 0 Å². The van der Waals surface area contributed by atoms with Gasteiger partial charge in [-0.3, -0.25) is 14.4 Å². The van der Waals surface area contributed by atoms with Gasteiger partial charge in [0, 0.05) is 18.9 Å². The number of aryl methyl sites for hydroxylation is 1. The number of benzene rings is 2. The first kappa shape index (κ1) is 29.0. The molecule has 3 atom stereocenters. The zero-order valence-corrected chi connectivity index (χ0v) is 22.9. The lowest BCUT2D eigenvalue weighted by Gasteiger charge is -2.28. The quantitative estimate of drug-likeness (QED) is 0.356. The van der Waals surface area contributed by atoms with Crippen molar-refractivity contribution >= 4 is 34.8 Å². The molecule has 3 amide bonds. The molecule has 1 heterocycles. The average Bonchev–Trinajstić information content (AvgIpc) is 2.92. The predicted octanol–water partition coefficient (Wildman–Crippen LogP) is 4.11. The standard InChI is InChI=1S/C30H36N4O3S/c1-20(2)17-26(30(37)34-25(27(38)19-31)18-24-9-6-16-32-29(24)36)33-28(35)15-12-21-10-13-23(14-11-21)22-7-4-3-5-8-22/h3-5,7-8,10-11,13-14,20,24-26H,6,9,12,15-18H2,1-2H3,(H,32,36)(H,33,35)(H,34,37)/t24-,25-,26-/m0/s1. The molecule has 7 nitrogen and oxygen atoms in total. The monoisotopic (exact) mass is 532 g/mol. The predicted molar refractivity (Wildman–Crippen MR) is 152 cm³/mol. The van der Waals surface area contributed by atoms with Crippen molar-refractivity contribution < 1.29 is 14.4 Å². The number of amides is 3. The van der Waals surface area contributed by atoms with E-state index in [0.29, 0.717) is 25.8 Å². The summed E-state index contributed by atoms with van der Waals surface area (Å²) in [5.41, 5.74) is 3.29. The Balaban J connectivity index is 1.59. The van der Waals surface area contributed by atoms with E-state index in [1.54, 1.807) is 0 Å². The van der Waals surface area contributed by atoms with Crippen molar-refractivity contribution in [2.75, 3.05) is 6.54 Å². The minimum absolute atomic E-state index is 0.0327. The zero-order chi connectivity index (χ0) is 27.5. The van der Waals surface area contributed by atoms with E-state index in [2.05, 4.69) is 28.1 Å². The molecular formula is C30H36N4O3S.